The Morgan fingerprint density at radius 1 is 1.11 bits per heavy atom. The number of amides is 1. The van der Waals surface area contributed by atoms with Gasteiger partial charge in [-0.1, -0.05) is 11.6 Å². The van der Waals surface area contributed by atoms with Gasteiger partial charge in [0.05, 0.1) is 23.5 Å². The number of halogens is 2. The highest BCUT2D eigenvalue weighted by molar-refractivity contribution is 6.33. The maximum Gasteiger partial charge on any atom is 0.227 e. The van der Waals surface area contributed by atoms with E-state index in [2.05, 4.69) is 15.2 Å². The zero-order chi connectivity index (χ0) is 24.5. The molecule has 0 atom stereocenters. The van der Waals surface area contributed by atoms with Crippen LogP contribution in [0.1, 0.15) is 18.5 Å². The van der Waals surface area contributed by atoms with Crippen LogP contribution >= 0.6 is 11.6 Å². The van der Waals surface area contributed by atoms with Crippen LogP contribution in [0.25, 0.3) is 16.9 Å². The minimum absolute atomic E-state index is 0.102. The molecule has 0 aliphatic carbocycles. The Bertz CT molecular complexity index is 1380. The van der Waals surface area contributed by atoms with Crippen molar-refractivity contribution in [3.63, 3.8) is 0 Å². The van der Waals surface area contributed by atoms with E-state index in [-0.39, 0.29) is 16.8 Å². The van der Waals surface area contributed by atoms with Crippen LogP contribution in [0.3, 0.4) is 0 Å². The van der Waals surface area contributed by atoms with E-state index in [1.807, 2.05) is 47.8 Å². The molecule has 1 N–H and O–H groups in total. The van der Waals surface area contributed by atoms with E-state index in [1.54, 1.807) is 7.11 Å². The van der Waals surface area contributed by atoms with Crippen molar-refractivity contribution in [1.29, 1.82) is 0 Å². The van der Waals surface area contributed by atoms with Crippen LogP contribution in [0.5, 0.6) is 5.75 Å². The van der Waals surface area contributed by atoms with Gasteiger partial charge in [0.2, 0.25) is 5.91 Å². The van der Waals surface area contributed by atoms with Crippen molar-refractivity contribution in [1.82, 2.24) is 14.6 Å². The van der Waals surface area contributed by atoms with Crippen LogP contribution in [0, 0.1) is 18.7 Å². The van der Waals surface area contributed by atoms with E-state index in [0.717, 1.165) is 34.2 Å². The van der Waals surface area contributed by atoms with Gasteiger partial charge in [0.1, 0.15) is 17.4 Å². The summed E-state index contributed by atoms with van der Waals surface area (Å²) in [5.41, 5.74) is 3.91. The first kappa shape index (κ1) is 23.1. The molecule has 7 nitrogen and oxygen atoms in total. The number of ether oxygens (including phenoxy) is 1. The molecule has 3 heterocycles. The average Bonchev–Trinajstić information content (AvgIpc) is 3.29. The lowest BCUT2D eigenvalue weighted by Crippen LogP contribution is -2.39. The number of hydrogen-bond acceptors (Lipinski definition) is 5. The molecule has 0 bridgehead atoms. The third-order valence-electron chi connectivity index (χ3n) is 6.30. The molecule has 1 aliphatic rings. The Labute approximate surface area is 207 Å². The molecular weight excluding hydrogens is 469 g/mol. The number of nitrogens with one attached hydrogen (secondary N) is 1. The van der Waals surface area contributed by atoms with Crippen LogP contribution < -0.4 is 15.0 Å². The van der Waals surface area contributed by atoms with E-state index in [1.165, 1.54) is 18.2 Å². The zero-order valence-electron chi connectivity index (χ0n) is 19.5. The molecule has 4 aromatic rings. The predicted octanol–water partition coefficient (Wildman–Crippen LogP) is 5.36. The number of hydrogen-bond donors (Lipinski definition) is 1. The maximum absolute atomic E-state index is 13.3. The van der Waals surface area contributed by atoms with E-state index < -0.39 is 5.82 Å². The van der Waals surface area contributed by atoms with Crippen molar-refractivity contribution in [2.24, 2.45) is 5.92 Å². The predicted molar refractivity (Wildman–Crippen MR) is 135 cm³/mol. The Balaban J connectivity index is 1.32. The monoisotopic (exact) mass is 493 g/mol. The van der Waals surface area contributed by atoms with Gasteiger partial charge in [-0.2, -0.15) is 9.61 Å². The molecule has 9 heteroatoms. The van der Waals surface area contributed by atoms with Crippen LogP contribution in [0.15, 0.2) is 54.6 Å². The van der Waals surface area contributed by atoms with Gasteiger partial charge in [-0.25, -0.2) is 9.37 Å². The molecule has 1 amide bonds. The average molecular weight is 494 g/mol. The Morgan fingerprint density at radius 2 is 1.86 bits per heavy atom. The van der Waals surface area contributed by atoms with Crippen molar-refractivity contribution in [2.75, 3.05) is 30.4 Å². The van der Waals surface area contributed by atoms with Crippen LogP contribution in [0.2, 0.25) is 5.02 Å². The molecular formula is C26H25ClFN5O2. The summed E-state index contributed by atoms with van der Waals surface area (Å²) in [5, 5.41) is 7.86. The minimum atomic E-state index is -0.436. The normalized spacial score (nSPS) is 14.3. The summed E-state index contributed by atoms with van der Waals surface area (Å²) in [6.07, 6.45) is 1.36. The van der Waals surface area contributed by atoms with Crippen molar-refractivity contribution in [3.05, 3.63) is 71.1 Å². The van der Waals surface area contributed by atoms with E-state index >= 15 is 0 Å². The minimum Gasteiger partial charge on any atom is -0.497 e. The molecule has 5 rings (SSSR count). The maximum atomic E-state index is 13.3. The van der Waals surface area contributed by atoms with Crippen LogP contribution in [0.4, 0.5) is 15.9 Å². The second-order valence-electron chi connectivity index (χ2n) is 8.66. The number of carbonyl (C=O) groups is 1. The largest absolute Gasteiger partial charge is 0.497 e. The molecule has 2 aromatic carbocycles. The first-order valence-electron chi connectivity index (χ1n) is 11.4. The first-order chi connectivity index (χ1) is 16.9. The highest BCUT2D eigenvalue weighted by Crippen LogP contribution is 2.29. The summed E-state index contributed by atoms with van der Waals surface area (Å²) in [4.78, 5) is 19.7. The summed E-state index contributed by atoms with van der Waals surface area (Å²) >= 11 is 6.06. The topological polar surface area (TPSA) is 71.8 Å². The van der Waals surface area contributed by atoms with Gasteiger partial charge in [0, 0.05) is 42.4 Å². The quantitative estimate of drug-likeness (QED) is 0.405. The van der Waals surface area contributed by atoms with Gasteiger partial charge < -0.3 is 15.0 Å². The molecule has 1 fully saturated rings. The fourth-order valence-electron chi connectivity index (χ4n) is 4.40. The van der Waals surface area contributed by atoms with Crippen molar-refractivity contribution in [2.45, 2.75) is 19.8 Å². The lowest BCUT2D eigenvalue weighted by atomic mass is 9.95. The Morgan fingerprint density at radius 3 is 2.54 bits per heavy atom. The third kappa shape index (κ3) is 4.79. The number of nitrogens with zero attached hydrogens (tertiary/aromatic N) is 4. The number of piperidine rings is 1. The Kier molecular flexibility index (Phi) is 6.30. The molecule has 2 aromatic heterocycles. The number of methoxy groups -OCH3 is 1. The van der Waals surface area contributed by atoms with E-state index in [4.69, 9.17) is 21.4 Å². The molecule has 35 heavy (non-hydrogen) atoms. The summed E-state index contributed by atoms with van der Waals surface area (Å²) in [7, 11) is 1.64. The Hall–Kier alpha value is -3.65. The third-order valence-corrected chi connectivity index (χ3v) is 6.61. The smallest absolute Gasteiger partial charge is 0.227 e. The number of fused-ring (bicyclic) bond motifs is 1. The van der Waals surface area contributed by atoms with Crippen molar-refractivity contribution < 1.29 is 13.9 Å². The van der Waals surface area contributed by atoms with Gasteiger partial charge in [-0.05, 0) is 62.2 Å². The van der Waals surface area contributed by atoms with Gasteiger partial charge in [-0.15, -0.1) is 0 Å². The molecule has 0 spiro atoms. The zero-order valence-corrected chi connectivity index (χ0v) is 20.2. The molecule has 0 unspecified atom stereocenters. The fourth-order valence-corrected chi connectivity index (χ4v) is 4.62. The standard InChI is InChI=1S/C26H25ClFN5O2/c1-16-13-25(33-24(29-16)15-23(31-33)17-3-6-20(35-2)7-4-17)32-11-9-18(10-12-32)26(34)30-22-8-5-19(28)14-21(22)27/h3-8,13-15,18H,9-12H2,1-2H3,(H,30,34). The number of aryl methyl sites for hydroxylation is 1. The number of benzene rings is 2. The van der Waals surface area contributed by atoms with E-state index in [9.17, 15) is 9.18 Å². The molecule has 180 valence electrons. The molecule has 1 aliphatic heterocycles. The fraction of sp³-hybridized carbons (Fsp3) is 0.269. The summed E-state index contributed by atoms with van der Waals surface area (Å²) in [6.45, 7) is 3.37. The lowest BCUT2D eigenvalue weighted by molar-refractivity contribution is -0.120. The van der Waals surface area contributed by atoms with Gasteiger partial charge in [0.25, 0.3) is 0 Å². The number of carbonyl (C=O) groups excluding carboxylic acids is 1. The van der Waals surface area contributed by atoms with Crippen LogP contribution in [-0.2, 0) is 4.79 Å². The second-order valence-corrected chi connectivity index (χ2v) is 9.07. The van der Waals surface area contributed by atoms with Gasteiger partial charge in [-0.3, -0.25) is 4.79 Å². The van der Waals surface area contributed by atoms with E-state index in [0.29, 0.717) is 31.6 Å². The summed E-state index contributed by atoms with van der Waals surface area (Å²) in [5.74, 6) is 1.05. The number of aromatic nitrogens is 3. The molecule has 0 radical (unpaired) electrons. The number of anilines is 2. The first-order valence-corrected chi connectivity index (χ1v) is 11.8. The second kappa shape index (κ2) is 9.54. The van der Waals surface area contributed by atoms with Gasteiger partial charge >= 0.3 is 0 Å². The summed E-state index contributed by atoms with van der Waals surface area (Å²) in [6, 6.07) is 15.7. The van der Waals surface area contributed by atoms with Crippen molar-refractivity contribution in [3.8, 4) is 17.0 Å². The highest BCUT2D eigenvalue weighted by atomic mass is 35.5. The molecule has 1 saturated heterocycles. The highest BCUT2D eigenvalue weighted by Gasteiger charge is 2.27. The van der Waals surface area contributed by atoms with Crippen molar-refractivity contribution >= 4 is 34.7 Å². The molecule has 0 saturated carbocycles. The van der Waals surface area contributed by atoms with Crippen LogP contribution in [-0.4, -0.2) is 40.7 Å². The SMILES string of the molecule is COc1ccc(-c2cc3nc(C)cc(N4CCC(C(=O)Nc5ccc(F)cc5Cl)CC4)n3n2)cc1. The van der Waals surface area contributed by atoms with Gasteiger partial charge in [0.15, 0.2) is 5.65 Å². The summed E-state index contributed by atoms with van der Waals surface area (Å²) < 4.78 is 20.4. The number of rotatable bonds is 5. The lowest BCUT2D eigenvalue weighted by Gasteiger charge is -2.33.